The summed E-state index contributed by atoms with van der Waals surface area (Å²) in [6, 6.07) is 14.0. The number of fused-ring (bicyclic) bond motifs is 1. The van der Waals surface area contributed by atoms with Crippen molar-refractivity contribution < 1.29 is 19.1 Å². The zero-order valence-electron chi connectivity index (χ0n) is 18.4. The van der Waals surface area contributed by atoms with Gasteiger partial charge in [-0.3, -0.25) is 28.9 Å². The number of carbonyl (C=O) groups is 3. The molecule has 4 aromatic rings. The standard InChI is InChI=1S/C24H21N5O4S/c1-33-18-6-7-19-20(15-18)34-24(26-19)28(13-12-27-11-3-10-25-27)23(32)16-4-2-5-17(14-16)29-21(30)8-9-22(29)31/h2-7,10-11,14-15H,8-9,12-13H2,1H3. The number of carbonyl (C=O) groups excluding carboxylic acids is 3. The first kappa shape index (κ1) is 21.8. The van der Waals surface area contributed by atoms with Crippen LogP contribution in [0.25, 0.3) is 10.2 Å². The number of hydrogen-bond acceptors (Lipinski definition) is 7. The summed E-state index contributed by atoms with van der Waals surface area (Å²) in [6.07, 6.45) is 3.88. The van der Waals surface area contributed by atoms with E-state index in [1.54, 1.807) is 47.2 Å². The SMILES string of the molecule is COc1ccc2nc(N(CCn3cccn3)C(=O)c3cccc(N4C(=O)CCC4=O)c3)sc2c1. The molecule has 2 aromatic heterocycles. The Kier molecular flexibility index (Phi) is 5.81. The van der Waals surface area contributed by atoms with Gasteiger partial charge in [-0.05, 0) is 42.5 Å². The van der Waals surface area contributed by atoms with Crippen LogP contribution in [0.1, 0.15) is 23.2 Å². The van der Waals surface area contributed by atoms with E-state index in [0.717, 1.165) is 15.1 Å². The molecule has 0 unspecified atom stereocenters. The van der Waals surface area contributed by atoms with Gasteiger partial charge in [0.1, 0.15) is 5.75 Å². The van der Waals surface area contributed by atoms with Crippen molar-refractivity contribution in [3.63, 3.8) is 0 Å². The summed E-state index contributed by atoms with van der Waals surface area (Å²) in [5.74, 6) is -0.0839. The topological polar surface area (TPSA) is 97.6 Å². The number of thiazole rings is 1. The number of benzene rings is 2. The third kappa shape index (κ3) is 4.15. The second kappa shape index (κ2) is 9.06. The van der Waals surface area contributed by atoms with Crippen LogP contribution in [-0.4, -0.2) is 46.1 Å². The number of methoxy groups -OCH3 is 1. The van der Waals surface area contributed by atoms with Crippen LogP contribution >= 0.6 is 11.3 Å². The van der Waals surface area contributed by atoms with E-state index in [-0.39, 0.29) is 30.6 Å². The Morgan fingerprint density at radius 3 is 2.68 bits per heavy atom. The molecule has 0 radical (unpaired) electrons. The summed E-state index contributed by atoms with van der Waals surface area (Å²) < 4.78 is 7.95. The fourth-order valence-corrected chi connectivity index (χ4v) is 4.87. The van der Waals surface area contributed by atoms with Crippen LogP contribution in [-0.2, 0) is 16.1 Å². The van der Waals surface area contributed by atoms with Gasteiger partial charge in [0.05, 0.1) is 29.6 Å². The van der Waals surface area contributed by atoms with Gasteiger partial charge in [-0.25, -0.2) is 4.98 Å². The van der Waals surface area contributed by atoms with Gasteiger partial charge in [-0.1, -0.05) is 17.4 Å². The molecule has 3 heterocycles. The summed E-state index contributed by atoms with van der Waals surface area (Å²) in [6.45, 7) is 0.810. The molecule has 0 spiro atoms. The predicted octanol–water partition coefficient (Wildman–Crippen LogP) is 3.50. The maximum atomic E-state index is 13.7. The molecule has 1 fully saturated rings. The average Bonchev–Trinajstić information content (AvgIpc) is 3.59. The van der Waals surface area contributed by atoms with Crippen LogP contribution in [0.5, 0.6) is 5.75 Å². The van der Waals surface area contributed by atoms with Crippen LogP contribution in [0.4, 0.5) is 10.8 Å². The van der Waals surface area contributed by atoms with E-state index in [4.69, 9.17) is 4.74 Å². The minimum atomic E-state index is -0.279. The highest BCUT2D eigenvalue weighted by Gasteiger charge is 2.31. The molecule has 172 valence electrons. The number of amides is 3. The van der Waals surface area contributed by atoms with E-state index in [0.29, 0.717) is 35.2 Å². The fourth-order valence-electron chi connectivity index (χ4n) is 3.85. The fraction of sp³-hybridized carbons (Fsp3) is 0.208. The molecule has 34 heavy (non-hydrogen) atoms. The van der Waals surface area contributed by atoms with E-state index in [1.165, 1.54) is 11.3 Å². The third-order valence-corrected chi connectivity index (χ3v) is 6.62. The Labute approximate surface area is 199 Å². The van der Waals surface area contributed by atoms with Crippen LogP contribution < -0.4 is 14.5 Å². The number of rotatable bonds is 7. The maximum Gasteiger partial charge on any atom is 0.260 e. The second-order valence-electron chi connectivity index (χ2n) is 7.73. The minimum Gasteiger partial charge on any atom is -0.497 e. The molecule has 2 aromatic carbocycles. The highest BCUT2D eigenvalue weighted by atomic mass is 32.1. The number of nitrogens with zero attached hydrogens (tertiary/aromatic N) is 5. The largest absolute Gasteiger partial charge is 0.497 e. The number of aromatic nitrogens is 3. The zero-order valence-corrected chi connectivity index (χ0v) is 19.2. The van der Waals surface area contributed by atoms with Gasteiger partial charge in [0.2, 0.25) is 11.8 Å². The first-order chi connectivity index (χ1) is 16.5. The Hall–Kier alpha value is -4.05. The smallest absolute Gasteiger partial charge is 0.260 e. The highest BCUT2D eigenvalue weighted by Crippen LogP contribution is 2.33. The van der Waals surface area contributed by atoms with E-state index in [1.807, 2.05) is 30.5 Å². The van der Waals surface area contributed by atoms with Gasteiger partial charge in [0.15, 0.2) is 5.13 Å². The molecule has 1 aliphatic rings. The molecular formula is C24H21N5O4S. The lowest BCUT2D eigenvalue weighted by molar-refractivity contribution is -0.121. The number of anilines is 2. The van der Waals surface area contributed by atoms with Gasteiger partial charge in [-0.15, -0.1) is 0 Å². The molecule has 10 heteroatoms. The molecular weight excluding hydrogens is 454 g/mol. The van der Waals surface area contributed by atoms with Crippen LogP contribution in [0.2, 0.25) is 0 Å². The Morgan fingerprint density at radius 1 is 1.12 bits per heavy atom. The highest BCUT2D eigenvalue weighted by molar-refractivity contribution is 7.22. The monoisotopic (exact) mass is 475 g/mol. The van der Waals surface area contributed by atoms with Crippen molar-refractivity contribution in [2.24, 2.45) is 0 Å². The summed E-state index contributed by atoms with van der Waals surface area (Å²) in [4.78, 5) is 45.5. The molecule has 0 aliphatic carbocycles. The van der Waals surface area contributed by atoms with Gasteiger partial charge in [-0.2, -0.15) is 5.10 Å². The van der Waals surface area contributed by atoms with Crippen LogP contribution in [0.15, 0.2) is 60.9 Å². The van der Waals surface area contributed by atoms with Crippen molar-refractivity contribution in [3.8, 4) is 5.75 Å². The minimum absolute atomic E-state index is 0.183. The normalized spacial score (nSPS) is 13.6. The molecule has 5 rings (SSSR count). The summed E-state index contributed by atoms with van der Waals surface area (Å²) in [7, 11) is 1.60. The Bertz CT molecular complexity index is 1370. The lowest BCUT2D eigenvalue weighted by atomic mass is 10.1. The van der Waals surface area contributed by atoms with Gasteiger partial charge in [0, 0.05) is 37.3 Å². The number of imide groups is 1. The van der Waals surface area contributed by atoms with E-state index < -0.39 is 0 Å². The molecule has 0 saturated carbocycles. The summed E-state index contributed by atoms with van der Waals surface area (Å²) >= 11 is 1.39. The first-order valence-electron chi connectivity index (χ1n) is 10.7. The molecule has 3 amide bonds. The van der Waals surface area contributed by atoms with Crippen LogP contribution in [0.3, 0.4) is 0 Å². The summed E-state index contributed by atoms with van der Waals surface area (Å²) in [5.41, 5.74) is 1.53. The van der Waals surface area contributed by atoms with Crippen molar-refractivity contribution in [1.82, 2.24) is 14.8 Å². The van der Waals surface area contributed by atoms with Gasteiger partial charge < -0.3 is 4.74 Å². The Balaban J connectivity index is 1.50. The van der Waals surface area contributed by atoms with Gasteiger partial charge in [0.25, 0.3) is 5.91 Å². The number of hydrogen-bond donors (Lipinski definition) is 0. The predicted molar refractivity (Wildman–Crippen MR) is 128 cm³/mol. The third-order valence-electron chi connectivity index (χ3n) is 5.58. The summed E-state index contributed by atoms with van der Waals surface area (Å²) in [5, 5.41) is 4.77. The molecule has 0 bridgehead atoms. The Morgan fingerprint density at radius 2 is 1.94 bits per heavy atom. The first-order valence-corrected chi connectivity index (χ1v) is 11.5. The number of ether oxygens (including phenoxy) is 1. The lowest BCUT2D eigenvalue weighted by Gasteiger charge is -2.21. The van der Waals surface area contributed by atoms with E-state index >= 15 is 0 Å². The quantitative estimate of drug-likeness (QED) is 0.380. The van der Waals surface area contributed by atoms with E-state index in [9.17, 15) is 14.4 Å². The molecule has 9 nitrogen and oxygen atoms in total. The second-order valence-corrected chi connectivity index (χ2v) is 8.74. The average molecular weight is 476 g/mol. The van der Waals surface area contributed by atoms with Crippen LogP contribution in [0, 0.1) is 0 Å². The van der Waals surface area contributed by atoms with Crippen molar-refractivity contribution >= 4 is 50.1 Å². The molecule has 1 aliphatic heterocycles. The maximum absolute atomic E-state index is 13.7. The van der Waals surface area contributed by atoms with Gasteiger partial charge >= 0.3 is 0 Å². The molecule has 0 atom stereocenters. The van der Waals surface area contributed by atoms with Crippen molar-refractivity contribution in [2.75, 3.05) is 23.5 Å². The molecule has 1 saturated heterocycles. The van der Waals surface area contributed by atoms with Crippen molar-refractivity contribution in [1.29, 1.82) is 0 Å². The molecule has 0 N–H and O–H groups in total. The van der Waals surface area contributed by atoms with Crippen molar-refractivity contribution in [3.05, 3.63) is 66.5 Å². The lowest BCUT2D eigenvalue weighted by Crippen LogP contribution is -2.34. The van der Waals surface area contributed by atoms with Crippen molar-refractivity contribution in [2.45, 2.75) is 19.4 Å². The zero-order chi connectivity index (χ0) is 23.7. The van der Waals surface area contributed by atoms with E-state index in [2.05, 4.69) is 10.1 Å².